The molecule has 6 heteroatoms. The molecule has 0 aliphatic carbocycles. The molecule has 0 atom stereocenters. The van der Waals surface area contributed by atoms with Gasteiger partial charge < -0.3 is 4.74 Å². The van der Waals surface area contributed by atoms with Crippen molar-refractivity contribution in [3.8, 4) is 5.75 Å². The van der Waals surface area contributed by atoms with Crippen LogP contribution in [0.25, 0.3) is 0 Å². The van der Waals surface area contributed by atoms with Crippen molar-refractivity contribution in [3.05, 3.63) is 57.2 Å². The van der Waals surface area contributed by atoms with E-state index < -0.39 is 0 Å². The maximum absolute atomic E-state index is 12.8. The van der Waals surface area contributed by atoms with Gasteiger partial charge in [0.05, 0.1) is 6.20 Å². The minimum Gasteiger partial charge on any atom is -0.485 e. The van der Waals surface area contributed by atoms with Crippen LogP contribution in [0.1, 0.15) is 38.2 Å². The lowest BCUT2D eigenvalue weighted by Gasteiger charge is -2.10. The van der Waals surface area contributed by atoms with Gasteiger partial charge in [0.25, 0.3) is 5.56 Å². The van der Waals surface area contributed by atoms with E-state index in [-0.39, 0.29) is 28.8 Å². The molecule has 0 saturated heterocycles. The molecule has 0 bridgehead atoms. The molecule has 1 heterocycles. The molecule has 0 amide bonds. The summed E-state index contributed by atoms with van der Waals surface area (Å²) in [5, 5.41) is 4.12. The number of unbranched alkanes of at least 4 members (excludes halogenated alkanes) is 3. The first kappa shape index (κ1) is 17.5. The van der Waals surface area contributed by atoms with E-state index in [0.29, 0.717) is 6.54 Å². The van der Waals surface area contributed by atoms with Crippen molar-refractivity contribution < 1.29 is 9.13 Å². The standard InChI is InChI=1S/C17H20ClFN2O2/c1-2-3-4-5-10-21-17(22)16(18)15(11-20-21)23-12-13-6-8-14(19)9-7-13/h6-9,11H,2-5,10,12H2,1H3. The van der Waals surface area contributed by atoms with Crippen LogP contribution in [0.3, 0.4) is 0 Å². The van der Waals surface area contributed by atoms with Gasteiger partial charge in [-0.1, -0.05) is 49.9 Å². The maximum atomic E-state index is 12.8. The largest absolute Gasteiger partial charge is 0.485 e. The zero-order chi connectivity index (χ0) is 16.7. The zero-order valence-corrected chi connectivity index (χ0v) is 13.9. The van der Waals surface area contributed by atoms with Gasteiger partial charge in [-0.2, -0.15) is 5.10 Å². The average Bonchev–Trinajstić information content (AvgIpc) is 2.56. The molecule has 2 rings (SSSR count). The summed E-state index contributed by atoms with van der Waals surface area (Å²) < 4.78 is 19.7. The molecule has 0 fully saturated rings. The van der Waals surface area contributed by atoms with Crippen molar-refractivity contribution in [1.29, 1.82) is 0 Å². The molecule has 0 spiro atoms. The number of nitrogens with zero attached hydrogens (tertiary/aromatic N) is 2. The molecule has 0 aliphatic rings. The summed E-state index contributed by atoms with van der Waals surface area (Å²) in [5.41, 5.74) is 0.436. The lowest BCUT2D eigenvalue weighted by atomic mass is 10.2. The predicted octanol–water partition coefficient (Wildman–Crippen LogP) is 4.20. The topological polar surface area (TPSA) is 44.1 Å². The van der Waals surface area contributed by atoms with E-state index in [9.17, 15) is 9.18 Å². The molecular formula is C17H20ClFN2O2. The second-order valence-corrected chi connectivity index (χ2v) is 5.70. The van der Waals surface area contributed by atoms with Crippen molar-refractivity contribution in [2.45, 2.75) is 45.8 Å². The van der Waals surface area contributed by atoms with Crippen LogP contribution < -0.4 is 10.3 Å². The number of aromatic nitrogens is 2. The van der Waals surface area contributed by atoms with Crippen LogP contribution in [0.15, 0.2) is 35.3 Å². The van der Waals surface area contributed by atoms with E-state index in [1.54, 1.807) is 12.1 Å². The summed E-state index contributed by atoms with van der Waals surface area (Å²) in [4.78, 5) is 12.1. The molecule has 0 N–H and O–H groups in total. The Morgan fingerprint density at radius 1 is 1.22 bits per heavy atom. The van der Waals surface area contributed by atoms with E-state index in [4.69, 9.17) is 16.3 Å². The Balaban J connectivity index is 1.99. The second-order valence-electron chi connectivity index (χ2n) is 5.33. The third-order valence-corrected chi connectivity index (χ3v) is 3.83. The smallest absolute Gasteiger partial charge is 0.289 e. The third kappa shape index (κ3) is 5.06. The first-order valence-corrected chi connectivity index (χ1v) is 8.12. The number of hydrogen-bond donors (Lipinski definition) is 0. The monoisotopic (exact) mass is 338 g/mol. The van der Waals surface area contributed by atoms with Gasteiger partial charge in [-0.05, 0) is 24.1 Å². The number of benzene rings is 1. The first-order chi connectivity index (χ1) is 11.1. The molecule has 1 aromatic heterocycles. The molecule has 23 heavy (non-hydrogen) atoms. The van der Waals surface area contributed by atoms with Gasteiger partial charge in [-0.15, -0.1) is 0 Å². The van der Waals surface area contributed by atoms with Crippen LogP contribution in [-0.4, -0.2) is 9.78 Å². The summed E-state index contributed by atoms with van der Waals surface area (Å²) >= 11 is 6.07. The molecule has 0 saturated carbocycles. The van der Waals surface area contributed by atoms with Crippen molar-refractivity contribution in [2.24, 2.45) is 0 Å². The van der Waals surface area contributed by atoms with E-state index in [1.807, 2.05) is 0 Å². The highest BCUT2D eigenvalue weighted by molar-refractivity contribution is 6.31. The zero-order valence-electron chi connectivity index (χ0n) is 13.1. The number of aryl methyl sites for hydroxylation is 1. The van der Waals surface area contributed by atoms with Crippen molar-refractivity contribution >= 4 is 11.6 Å². The number of rotatable bonds is 8. The summed E-state index contributed by atoms with van der Waals surface area (Å²) in [7, 11) is 0. The quantitative estimate of drug-likeness (QED) is 0.678. The van der Waals surface area contributed by atoms with E-state index in [2.05, 4.69) is 12.0 Å². The van der Waals surface area contributed by atoms with Gasteiger partial charge >= 0.3 is 0 Å². The summed E-state index contributed by atoms with van der Waals surface area (Å²) in [6.45, 7) is 2.88. The maximum Gasteiger partial charge on any atom is 0.289 e. The molecule has 124 valence electrons. The fourth-order valence-corrected chi connectivity index (χ4v) is 2.34. The molecule has 0 aliphatic heterocycles. The molecule has 0 unspecified atom stereocenters. The lowest BCUT2D eigenvalue weighted by Crippen LogP contribution is -2.23. The second kappa shape index (κ2) is 8.67. The minimum absolute atomic E-state index is 0.0256. The molecule has 1 aromatic carbocycles. The van der Waals surface area contributed by atoms with Crippen molar-refractivity contribution in [1.82, 2.24) is 9.78 Å². The van der Waals surface area contributed by atoms with Crippen LogP contribution >= 0.6 is 11.6 Å². The first-order valence-electron chi connectivity index (χ1n) is 7.74. The van der Waals surface area contributed by atoms with Crippen LogP contribution in [0.4, 0.5) is 4.39 Å². The van der Waals surface area contributed by atoms with Crippen LogP contribution in [0, 0.1) is 5.82 Å². The average molecular weight is 339 g/mol. The van der Waals surface area contributed by atoms with E-state index >= 15 is 0 Å². The van der Waals surface area contributed by atoms with Crippen molar-refractivity contribution in [3.63, 3.8) is 0 Å². The van der Waals surface area contributed by atoms with Crippen LogP contribution in [0.2, 0.25) is 5.02 Å². The lowest BCUT2D eigenvalue weighted by molar-refractivity contribution is 0.302. The molecule has 2 aromatic rings. The highest BCUT2D eigenvalue weighted by Gasteiger charge is 2.10. The van der Waals surface area contributed by atoms with Gasteiger partial charge in [0.15, 0.2) is 10.8 Å². The van der Waals surface area contributed by atoms with Gasteiger partial charge in [0.1, 0.15) is 12.4 Å². The Morgan fingerprint density at radius 3 is 2.65 bits per heavy atom. The Labute approximate surface area is 139 Å². The summed E-state index contributed by atoms with van der Waals surface area (Å²) in [5.74, 6) is -0.0649. The van der Waals surface area contributed by atoms with E-state index in [1.165, 1.54) is 23.0 Å². The Bertz CT molecular complexity index is 686. The van der Waals surface area contributed by atoms with Gasteiger partial charge in [-0.25, -0.2) is 9.07 Å². The SMILES string of the molecule is CCCCCCn1ncc(OCc2ccc(F)cc2)c(Cl)c1=O. The van der Waals surface area contributed by atoms with Gasteiger partial charge in [0.2, 0.25) is 0 Å². The predicted molar refractivity (Wildman–Crippen MR) is 88.4 cm³/mol. The Hall–Kier alpha value is -1.88. The van der Waals surface area contributed by atoms with Crippen LogP contribution in [0.5, 0.6) is 5.75 Å². The summed E-state index contributed by atoms with van der Waals surface area (Å²) in [6, 6.07) is 5.94. The molecule has 0 radical (unpaired) electrons. The van der Waals surface area contributed by atoms with Gasteiger partial charge in [0, 0.05) is 6.54 Å². The Morgan fingerprint density at radius 2 is 1.96 bits per heavy atom. The fraction of sp³-hybridized carbons (Fsp3) is 0.412. The number of hydrogen-bond acceptors (Lipinski definition) is 3. The molecule has 4 nitrogen and oxygen atoms in total. The Kier molecular flexibility index (Phi) is 6.59. The minimum atomic E-state index is -0.347. The van der Waals surface area contributed by atoms with Crippen LogP contribution in [-0.2, 0) is 13.2 Å². The van der Waals surface area contributed by atoms with Crippen molar-refractivity contribution in [2.75, 3.05) is 0 Å². The fourth-order valence-electron chi connectivity index (χ4n) is 2.14. The summed E-state index contributed by atoms with van der Waals surface area (Å²) in [6.07, 6.45) is 5.69. The molecular weight excluding hydrogens is 319 g/mol. The highest BCUT2D eigenvalue weighted by atomic mass is 35.5. The van der Waals surface area contributed by atoms with Gasteiger partial charge in [-0.3, -0.25) is 4.79 Å². The number of ether oxygens (including phenoxy) is 1. The number of halogens is 2. The normalized spacial score (nSPS) is 10.7. The third-order valence-electron chi connectivity index (χ3n) is 3.48. The van der Waals surface area contributed by atoms with E-state index in [0.717, 1.165) is 31.2 Å². The highest BCUT2D eigenvalue weighted by Crippen LogP contribution is 2.20.